The van der Waals surface area contributed by atoms with E-state index in [1.54, 1.807) is 0 Å². The van der Waals surface area contributed by atoms with E-state index in [1.165, 1.54) is 12.8 Å². The van der Waals surface area contributed by atoms with Crippen molar-refractivity contribution in [3.8, 4) is 0 Å². The minimum absolute atomic E-state index is 0. The number of likely N-dealkylation sites (N-methyl/N-ethyl adjacent to an activating group) is 1. The quantitative estimate of drug-likeness (QED) is 0.858. The fourth-order valence-corrected chi connectivity index (χ4v) is 2.87. The predicted molar refractivity (Wildman–Crippen MR) is 83.4 cm³/mol. The maximum absolute atomic E-state index is 12.2. The highest BCUT2D eigenvalue weighted by molar-refractivity contribution is 5.85. The van der Waals surface area contributed by atoms with Crippen molar-refractivity contribution in [2.75, 3.05) is 33.7 Å². The van der Waals surface area contributed by atoms with Gasteiger partial charge >= 0.3 is 0 Å². The second-order valence-electron chi connectivity index (χ2n) is 5.60. The predicted octanol–water partition coefficient (Wildman–Crippen LogP) is 1.52. The maximum atomic E-state index is 12.2. The highest BCUT2D eigenvalue weighted by Crippen LogP contribution is 2.17. The summed E-state index contributed by atoms with van der Waals surface area (Å²) >= 11 is 0. The Hall–Kier alpha value is -0.0300. The van der Waals surface area contributed by atoms with Gasteiger partial charge in [0.2, 0.25) is 5.91 Å². The van der Waals surface area contributed by atoms with Gasteiger partial charge in [-0.3, -0.25) is 4.79 Å². The SMILES string of the molecule is CN(C)C1CCCN(C(=O)CC2CCCN2)C1.Cl.Cl. The first-order chi connectivity index (χ1) is 8.16. The van der Waals surface area contributed by atoms with Crippen molar-refractivity contribution in [1.82, 2.24) is 15.1 Å². The van der Waals surface area contributed by atoms with Gasteiger partial charge < -0.3 is 15.1 Å². The summed E-state index contributed by atoms with van der Waals surface area (Å²) in [4.78, 5) is 16.5. The number of hydrogen-bond acceptors (Lipinski definition) is 3. The van der Waals surface area contributed by atoms with Crippen LogP contribution in [-0.2, 0) is 4.79 Å². The zero-order valence-electron chi connectivity index (χ0n) is 11.9. The van der Waals surface area contributed by atoms with Crippen molar-refractivity contribution in [1.29, 1.82) is 0 Å². The lowest BCUT2D eigenvalue weighted by Crippen LogP contribution is -2.48. The highest BCUT2D eigenvalue weighted by Gasteiger charge is 2.27. The zero-order chi connectivity index (χ0) is 12.3. The van der Waals surface area contributed by atoms with Crippen LogP contribution in [0.15, 0.2) is 0 Å². The monoisotopic (exact) mass is 311 g/mol. The summed E-state index contributed by atoms with van der Waals surface area (Å²) in [7, 11) is 4.22. The molecule has 0 saturated carbocycles. The van der Waals surface area contributed by atoms with Crippen molar-refractivity contribution < 1.29 is 4.79 Å². The Bertz CT molecular complexity index is 271. The van der Waals surface area contributed by atoms with Gasteiger partial charge in [-0.2, -0.15) is 0 Å². The Morgan fingerprint density at radius 1 is 1.26 bits per heavy atom. The maximum Gasteiger partial charge on any atom is 0.224 e. The molecule has 19 heavy (non-hydrogen) atoms. The number of piperidine rings is 1. The summed E-state index contributed by atoms with van der Waals surface area (Å²) in [5.41, 5.74) is 0. The molecule has 2 aliphatic heterocycles. The molecule has 2 rings (SSSR count). The van der Waals surface area contributed by atoms with Crippen LogP contribution in [-0.4, -0.2) is 61.5 Å². The van der Waals surface area contributed by atoms with E-state index in [9.17, 15) is 4.79 Å². The fourth-order valence-electron chi connectivity index (χ4n) is 2.87. The molecule has 0 aromatic heterocycles. The molecule has 114 valence electrons. The van der Waals surface area contributed by atoms with E-state index < -0.39 is 0 Å². The first-order valence-electron chi connectivity index (χ1n) is 6.84. The van der Waals surface area contributed by atoms with Gasteiger partial charge in [0.05, 0.1) is 0 Å². The van der Waals surface area contributed by atoms with Crippen LogP contribution in [0, 0.1) is 0 Å². The molecule has 0 aliphatic carbocycles. The Morgan fingerprint density at radius 3 is 2.58 bits per heavy atom. The lowest BCUT2D eigenvalue weighted by Gasteiger charge is -2.36. The summed E-state index contributed by atoms with van der Waals surface area (Å²) < 4.78 is 0. The van der Waals surface area contributed by atoms with E-state index in [1.807, 2.05) is 0 Å². The Balaban J connectivity index is 0.00000162. The highest BCUT2D eigenvalue weighted by atomic mass is 35.5. The van der Waals surface area contributed by atoms with Gasteiger partial charge in [-0.1, -0.05) is 0 Å². The van der Waals surface area contributed by atoms with Gasteiger partial charge in [0.25, 0.3) is 0 Å². The zero-order valence-corrected chi connectivity index (χ0v) is 13.6. The summed E-state index contributed by atoms with van der Waals surface area (Å²) in [6, 6.07) is 0.978. The van der Waals surface area contributed by atoms with Crippen LogP contribution in [0.3, 0.4) is 0 Å². The van der Waals surface area contributed by atoms with E-state index in [0.29, 0.717) is 24.4 Å². The van der Waals surface area contributed by atoms with Crippen LogP contribution in [0.1, 0.15) is 32.1 Å². The third kappa shape index (κ3) is 5.46. The molecule has 2 saturated heterocycles. The molecule has 2 aliphatic rings. The largest absolute Gasteiger partial charge is 0.341 e. The third-order valence-electron chi connectivity index (χ3n) is 4.06. The van der Waals surface area contributed by atoms with E-state index in [0.717, 1.165) is 32.5 Å². The van der Waals surface area contributed by atoms with Gasteiger partial charge in [-0.15, -0.1) is 24.8 Å². The van der Waals surface area contributed by atoms with Gasteiger partial charge in [0.15, 0.2) is 0 Å². The molecule has 2 unspecified atom stereocenters. The average Bonchev–Trinajstić information content (AvgIpc) is 2.82. The van der Waals surface area contributed by atoms with E-state index >= 15 is 0 Å². The molecule has 0 bridgehead atoms. The number of halogens is 2. The van der Waals surface area contributed by atoms with Crippen molar-refractivity contribution in [2.45, 2.75) is 44.2 Å². The number of nitrogens with one attached hydrogen (secondary N) is 1. The van der Waals surface area contributed by atoms with Crippen LogP contribution in [0.25, 0.3) is 0 Å². The Labute approximate surface area is 129 Å². The van der Waals surface area contributed by atoms with Crippen molar-refractivity contribution in [3.63, 3.8) is 0 Å². The minimum Gasteiger partial charge on any atom is -0.341 e. The van der Waals surface area contributed by atoms with Crippen molar-refractivity contribution in [3.05, 3.63) is 0 Å². The molecule has 2 heterocycles. The van der Waals surface area contributed by atoms with E-state index in [-0.39, 0.29) is 24.8 Å². The molecule has 2 atom stereocenters. The van der Waals surface area contributed by atoms with Crippen LogP contribution in [0.2, 0.25) is 0 Å². The average molecular weight is 312 g/mol. The first-order valence-corrected chi connectivity index (χ1v) is 6.84. The molecule has 0 radical (unpaired) electrons. The molecule has 1 N–H and O–H groups in total. The number of rotatable bonds is 3. The molecular formula is C13H27Cl2N3O. The van der Waals surface area contributed by atoms with Crippen LogP contribution >= 0.6 is 24.8 Å². The number of amides is 1. The van der Waals surface area contributed by atoms with Gasteiger partial charge in [0.1, 0.15) is 0 Å². The van der Waals surface area contributed by atoms with Crippen LogP contribution < -0.4 is 5.32 Å². The summed E-state index contributed by atoms with van der Waals surface area (Å²) in [5, 5.41) is 3.40. The normalized spacial score (nSPS) is 26.8. The van der Waals surface area contributed by atoms with Gasteiger partial charge in [-0.25, -0.2) is 0 Å². The number of hydrogen-bond donors (Lipinski definition) is 1. The van der Waals surface area contributed by atoms with Crippen LogP contribution in [0.5, 0.6) is 0 Å². The van der Waals surface area contributed by atoms with E-state index in [2.05, 4.69) is 29.2 Å². The molecule has 0 aromatic rings. The minimum atomic E-state index is 0. The van der Waals surface area contributed by atoms with Crippen LogP contribution in [0.4, 0.5) is 0 Å². The number of carbonyl (C=O) groups excluding carboxylic acids is 1. The second kappa shape index (κ2) is 9.01. The lowest BCUT2D eigenvalue weighted by molar-refractivity contribution is -0.133. The van der Waals surface area contributed by atoms with E-state index in [4.69, 9.17) is 0 Å². The summed E-state index contributed by atoms with van der Waals surface area (Å²) in [5.74, 6) is 0.343. The first kappa shape index (κ1) is 19.0. The van der Waals surface area contributed by atoms with Crippen molar-refractivity contribution in [2.24, 2.45) is 0 Å². The fraction of sp³-hybridized carbons (Fsp3) is 0.923. The topological polar surface area (TPSA) is 35.6 Å². The number of nitrogens with zero attached hydrogens (tertiary/aromatic N) is 2. The Morgan fingerprint density at radius 2 is 2.00 bits per heavy atom. The van der Waals surface area contributed by atoms with Crippen molar-refractivity contribution >= 4 is 30.7 Å². The molecule has 1 amide bonds. The standard InChI is InChI=1S/C13H25N3O.2ClH/c1-15(2)12-6-4-8-16(10-12)13(17)9-11-5-3-7-14-11;;/h11-12,14H,3-10H2,1-2H3;2*1H. The molecule has 0 aromatic carbocycles. The molecule has 4 nitrogen and oxygen atoms in total. The Kier molecular flexibility index (Phi) is 8.99. The molecule has 6 heteroatoms. The summed E-state index contributed by atoms with van der Waals surface area (Å²) in [6.07, 6.45) is 5.44. The van der Waals surface area contributed by atoms with Gasteiger partial charge in [0, 0.05) is 31.6 Å². The number of carbonyl (C=O) groups is 1. The molecular weight excluding hydrogens is 285 g/mol. The third-order valence-corrected chi connectivity index (χ3v) is 4.06. The smallest absolute Gasteiger partial charge is 0.224 e. The lowest BCUT2D eigenvalue weighted by atomic mass is 10.0. The van der Waals surface area contributed by atoms with Gasteiger partial charge in [-0.05, 0) is 46.3 Å². The summed E-state index contributed by atoms with van der Waals surface area (Å²) in [6.45, 7) is 2.95. The second-order valence-corrected chi connectivity index (χ2v) is 5.60. The number of likely N-dealkylation sites (tertiary alicyclic amines) is 1. The molecule has 0 spiro atoms. The molecule has 2 fully saturated rings.